The second-order valence-electron chi connectivity index (χ2n) is 5.72. The summed E-state index contributed by atoms with van der Waals surface area (Å²) in [6.45, 7) is 14.8. The van der Waals surface area contributed by atoms with E-state index in [1.807, 2.05) is 0 Å². The van der Waals surface area contributed by atoms with Crippen LogP contribution < -0.4 is 0 Å². The van der Waals surface area contributed by atoms with Crippen LogP contribution in [0, 0.1) is 0 Å². The first kappa shape index (κ1) is 22.9. The molecule has 6 heteroatoms. The number of hydrogen-bond acceptors (Lipinski definition) is 0. The predicted molar refractivity (Wildman–Crippen MR) is 102 cm³/mol. The Morgan fingerprint density at radius 2 is 1.17 bits per heavy atom. The Morgan fingerprint density at radius 3 is 1.44 bits per heavy atom. The second kappa shape index (κ2) is 16.0. The normalized spacial score (nSPS) is 11.4. The fourth-order valence-corrected chi connectivity index (χ4v) is 12.2. The van der Waals surface area contributed by atoms with Crippen molar-refractivity contribution in [3.63, 3.8) is 0 Å². The van der Waals surface area contributed by atoms with Crippen LogP contribution in [0.25, 0.3) is 0 Å². The van der Waals surface area contributed by atoms with Crippen molar-refractivity contribution < 1.29 is 18.2 Å². The van der Waals surface area contributed by atoms with E-state index in [4.69, 9.17) is 0 Å². The van der Waals surface area contributed by atoms with Crippen molar-refractivity contribution in [2.45, 2.75) is 0 Å². The second-order valence-corrected chi connectivity index (χ2v) is 17.2. The van der Waals surface area contributed by atoms with Gasteiger partial charge in [0.2, 0.25) is 0 Å². The van der Waals surface area contributed by atoms with Crippen LogP contribution in [0.1, 0.15) is 0 Å². The summed E-state index contributed by atoms with van der Waals surface area (Å²) in [5.41, 5.74) is 0. The van der Waals surface area contributed by atoms with E-state index in [1.54, 1.807) is 37.0 Å². The molecule has 0 radical (unpaired) electrons. The molecular weight excluding hydrogens is 410 g/mol. The van der Waals surface area contributed by atoms with Gasteiger partial charge in [0.25, 0.3) is 0 Å². The van der Waals surface area contributed by atoms with E-state index in [2.05, 4.69) is 67.7 Å². The molecule has 0 fully saturated rings. The van der Waals surface area contributed by atoms with Crippen molar-refractivity contribution in [1.82, 2.24) is 0 Å². The van der Waals surface area contributed by atoms with Gasteiger partial charge < -0.3 is 0 Å². The molecule has 0 heterocycles. The van der Waals surface area contributed by atoms with E-state index in [9.17, 15) is 0 Å². The summed E-state index contributed by atoms with van der Waals surface area (Å²) in [7, 11) is 4.95. The van der Waals surface area contributed by atoms with Crippen molar-refractivity contribution in [1.29, 1.82) is 0 Å². The Balaban J connectivity index is 0. The zero-order chi connectivity index (χ0) is 14.6. The molecule has 0 spiro atoms. The van der Waals surface area contributed by atoms with Gasteiger partial charge in [-0.2, -0.15) is 0 Å². The number of rotatable bonds is 9. The molecule has 0 saturated carbocycles. The molecule has 114 valence electrons. The number of hydrogen-bond donors (Lipinski definition) is 0. The summed E-state index contributed by atoms with van der Waals surface area (Å²) in [5, 5.41) is 0. The van der Waals surface area contributed by atoms with Gasteiger partial charge in [0.15, 0.2) is 0 Å². The molecule has 0 aromatic carbocycles. The molecule has 0 N–H and O–H groups in total. The molecule has 0 aliphatic heterocycles. The zero-order valence-electron chi connectivity index (χ0n) is 12.9. The van der Waals surface area contributed by atoms with Gasteiger partial charge in [0.1, 0.15) is 0 Å². The minimum atomic E-state index is 0.0336. The Hall–Kier alpha value is 2.67. The fraction of sp³-hybridized carbons (Fsp3) is 1.00. The molecule has 0 rings (SSSR count). The van der Waals surface area contributed by atoms with E-state index in [1.165, 1.54) is 0 Å². The van der Waals surface area contributed by atoms with Crippen molar-refractivity contribution in [2.24, 2.45) is 0 Å². The molecule has 0 aromatic rings. The van der Waals surface area contributed by atoms with Gasteiger partial charge in [-0.1, -0.05) is 0 Å². The van der Waals surface area contributed by atoms with E-state index in [0.717, 1.165) is 0 Å². The van der Waals surface area contributed by atoms with Crippen LogP contribution in [0.15, 0.2) is 0 Å². The van der Waals surface area contributed by atoms with Gasteiger partial charge in [-0.25, -0.2) is 0 Å². The first-order valence-electron chi connectivity index (χ1n) is 6.60. The predicted octanol–water partition coefficient (Wildman–Crippen LogP) is 4.58. The van der Waals surface area contributed by atoms with Crippen LogP contribution in [0.3, 0.4) is 0 Å². The van der Waals surface area contributed by atoms with Crippen LogP contribution in [0.4, 0.5) is 0 Å². The Kier molecular flexibility index (Phi) is 20.5. The van der Waals surface area contributed by atoms with Crippen molar-refractivity contribution in [3.05, 3.63) is 0 Å². The van der Waals surface area contributed by atoms with Crippen molar-refractivity contribution in [2.75, 3.05) is 77.0 Å². The summed E-state index contributed by atoms with van der Waals surface area (Å²) >= 11 is 2.22. The van der Waals surface area contributed by atoms with Crippen LogP contribution in [0.2, 0.25) is 0 Å². The summed E-state index contributed by atoms with van der Waals surface area (Å²) in [6.07, 6.45) is 9.59. The molecule has 0 bridgehead atoms. The maximum absolute atomic E-state index is 4.49. The summed E-state index contributed by atoms with van der Waals surface area (Å²) in [5.74, 6) is 0. The molecule has 0 amide bonds. The molecule has 0 aliphatic carbocycles. The summed E-state index contributed by atoms with van der Waals surface area (Å²) < 4.78 is 0. The fourth-order valence-electron chi connectivity index (χ4n) is 1.61. The van der Waals surface area contributed by atoms with Gasteiger partial charge in [-0.15, -0.1) is 7.92 Å². The quantitative estimate of drug-likeness (QED) is 0.362. The average Bonchev–Trinajstić information content (AvgIpc) is 2.29. The minimum absolute atomic E-state index is 0.0336. The Morgan fingerprint density at radius 1 is 0.778 bits per heavy atom. The van der Waals surface area contributed by atoms with Crippen molar-refractivity contribution >= 4 is 41.2 Å². The third kappa shape index (κ3) is 18.7. The third-order valence-corrected chi connectivity index (χ3v) is 10.8. The van der Waals surface area contributed by atoms with E-state index < -0.39 is 0 Å². The molecule has 0 atom stereocenters. The first-order valence-corrected chi connectivity index (χ1v) is 18.6. The zero-order valence-corrected chi connectivity index (χ0v) is 19.1. The number of halogens is 1. The van der Waals surface area contributed by atoms with Gasteiger partial charge in [0.05, 0.1) is 30.8 Å². The Labute approximate surface area is 136 Å². The SMILES string of the molecule is CP(C)CC[PH+](CC[PH+](C)C)CC[PH+](C)C.[Cl][Pd+]. The monoisotopic (exact) mass is 442 g/mol. The third-order valence-electron chi connectivity index (χ3n) is 2.87. The van der Waals surface area contributed by atoms with Gasteiger partial charge in [-0.3, -0.25) is 0 Å². The van der Waals surface area contributed by atoms with E-state index in [0.29, 0.717) is 7.92 Å². The van der Waals surface area contributed by atoms with Crippen LogP contribution in [0.5, 0.6) is 0 Å². The van der Waals surface area contributed by atoms with E-state index >= 15 is 0 Å². The van der Waals surface area contributed by atoms with Gasteiger partial charge >= 0.3 is 27.7 Å². The molecule has 0 saturated heterocycles. The van der Waals surface area contributed by atoms with E-state index in [-0.39, 0.29) is 23.8 Å². The molecule has 0 aliphatic rings. The van der Waals surface area contributed by atoms with Crippen molar-refractivity contribution in [3.8, 4) is 0 Å². The van der Waals surface area contributed by atoms with Gasteiger partial charge in [-0.05, 0) is 29.2 Å². The molecule has 0 nitrogen and oxygen atoms in total. The summed E-state index contributed by atoms with van der Waals surface area (Å²) in [4.78, 5) is 0. The topological polar surface area (TPSA) is 0 Å². The summed E-state index contributed by atoms with van der Waals surface area (Å²) in [6, 6.07) is 0. The Bertz CT molecular complexity index is 140. The van der Waals surface area contributed by atoms with Crippen LogP contribution >= 0.6 is 41.2 Å². The average molecular weight is 443 g/mol. The molecule has 18 heavy (non-hydrogen) atoms. The molecular formula is C12H33ClP4Pd+4. The van der Waals surface area contributed by atoms with Gasteiger partial charge in [0, 0.05) is 40.7 Å². The standard InChI is InChI=1S/C12H30P4.ClH.Pd/c1-13(2)7-10-16(11-8-14(3)4)12-9-15(5)6;;/h7-12H2,1-6H3;1H;/q;;+2/p+2. The molecule has 0 unspecified atom stereocenters. The molecule has 0 aromatic heterocycles. The first-order chi connectivity index (χ1) is 8.41. The van der Waals surface area contributed by atoms with Crippen LogP contribution in [-0.4, -0.2) is 77.0 Å². The van der Waals surface area contributed by atoms with Crippen LogP contribution in [-0.2, 0) is 18.2 Å². The maximum atomic E-state index is 4.49.